The maximum Gasteiger partial charge on any atom is 0.0601 e. The molecule has 0 aliphatic carbocycles. The molecule has 4 heteroatoms. The number of rotatable bonds is 6. The molecular formula is C15H31N3O. The smallest absolute Gasteiger partial charge is 0.0601 e. The first-order valence-electron chi connectivity index (χ1n) is 7.96. The van der Waals surface area contributed by atoms with Crippen LogP contribution in [0, 0.1) is 5.92 Å². The first-order valence-corrected chi connectivity index (χ1v) is 7.96. The Morgan fingerprint density at radius 2 is 1.89 bits per heavy atom. The number of nitrogens with zero attached hydrogens (tertiary/aromatic N) is 2. The van der Waals surface area contributed by atoms with Gasteiger partial charge < -0.3 is 10.8 Å². The fourth-order valence-corrected chi connectivity index (χ4v) is 3.70. The zero-order valence-corrected chi connectivity index (χ0v) is 12.6. The molecule has 2 aliphatic heterocycles. The summed E-state index contributed by atoms with van der Waals surface area (Å²) in [6, 6.07) is 0.945. The second-order valence-corrected chi connectivity index (χ2v) is 6.72. The molecule has 0 spiro atoms. The van der Waals surface area contributed by atoms with E-state index >= 15 is 0 Å². The van der Waals surface area contributed by atoms with E-state index in [-0.39, 0.29) is 18.7 Å². The Bertz CT molecular complexity index is 266. The van der Waals surface area contributed by atoms with E-state index in [9.17, 15) is 5.11 Å². The Morgan fingerprint density at radius 3 is 2.47 bits per heavy atom. The lowest BCUT2D eigenvalue weighted by molar-refractivity contribution is 0.110. The van der Waals surface area contributed by atoms with Gasteiger partial charge in [-0.3, -0.25) is 9.80 Å². The molecule has 2 saturated heterocycles. The van der Waals surface area contributed by atoms with Gasteiger partial charge in [-0.15, -0.1) is 0 Å². The molecular weight excluding hydrogens is 238 g/mol. The first kappa shape index (κ1) is 15.2. The minimum absolute atomic E-state index is 0.0994. The van der Waals surface area contributed by atoms with Crippen molar-refractivity contribution in [1.29, 1.82) is 0 Å². The van der Waals surface area contributed by atoms with Gasteiger partial charge in [0.05, 0.1) is 6.61 Å². The van der Waals surface area contributed by atoms with Gasteiger partial charge in [-0.1, -0.05) is 13.8 Å². The van der Waals surface area contributed by atoms with Gasteiger partial charge in [0.2, 0.25) is 0 Å². The molecule has 3 atom stereocenters. The summed E-state index contributed by atoms with van der Waals surface area (Å²) in [7, 11) is 0. The van der Waals surface area contributed by atoms with Gasteiger partial charge in [-0.25, -0.2) is 0 Å². The first-order chi connectivity index (χ1) is 9.11. The topological polar surface area (TPSA) is 52.7 Å². The molecule has 0 amide bonds. The van der Waals surface area contributed by atoms with Gasteiger partial charge in [0.25, 0.3) is 0 Å². The van der Waals surface area contributed by atoms with Crippen molar-refractivity contribution in [2.45, 2.75) is 57.7 Å². The molecule has 0 aromatic rings. The fourth-order valence-electron chi connectivity index (χ4n) is 3.70. The molecule has 2 aliphatic rings. The average molecular weight is 269 g/mol. The Labute approximate surface area is 117 Å². The molecule has 3 N–H and O–H groups in total. The normalized spacial score (nSPS) is 29.2. The molecule has 2 heterocycles. The summed E-state index contributed by atoms with van der Waals surface area (Å²) in [6.07, 6.45) is 4.95. The molecule has 0 aromatic carbocycles. The van der Waals surface area contributed by atoms with Crippen LogP contribution >= 0.6 is 0 Å². The van der Waals surface area contributed by atoms with E-state index in [0.717, 1.165) is 19.5 Å². The Morgan fingerprint density at radius 1 is 1.21 bits per heavy atom. The Hall–Kier alpha value is -0.160. The van der Waals surface area contributed by atoms with Crippen LogP contribution in [0.25, 0.3) is 0 Å². The van der Waals surface area contributed by atoms with E-state index in [1.807, 2.05) is 0 Å². The molecule has 0 radical (unpaired) electrons. The number of aliphatic hydroxyl groups is 1. The lowest BCUT2D eigenvalue weighted by Crippen LogP contribution is -2.50. The maximum atomic E-state index is 9.69. The molecule has 3 unspecified atom stereocenters. The van der Waals surface area contributed by atoms with Crippen molar-refractivity contribution in [3.63, 3.8) is 0 Å². The predicted molar refractivity (Wildman–Crippen MR) is 79.1 cm³/mol. The highest BCUT2D eigenvalue weighted by Gasteiger charge is 2.34. The highest BCUT2D eigenvalue weighted by molar-refractivity contribution is 4.92. The number of nitrogens with two attached hydrogens (primary N) is 1. The average Bonchev–Trinajstić information content (AvgIpc) is 2.98. The molecule has 0 saturated carbocycles. The Balaban J connectivity index is 1.86. The molecule has 19 heavy (non-hydrogen) atoms. The summed E-state index contributed by atoms with van der Waals surface area (Å²) in [5, 5.41) is 9.69. The van der Waals surface area contributed by atoms with Crippen molar-refractivity contribution in [3.05, 3.63) is 0 Å². The number of aliphatic hydroxyl groups excluding tert-OH is 1. The van der Waals surface area contributed by atoms with Crippen LogP contribution in [0.2, 0.25) is 0 Å². The fraction of sp³-hybridized carbons (Fsp3) is 1.00. The highest BCUT2D eigenvalue weighted by Crippen LogP contribution is 2.23. The molecule has 4 nitrogen and oxygen atoms in total. The molecule has 2 fully saturated rings. The summed E-state index contributed by atoms with van der Waals surface area (Å²) < 4.78 is 0. The highest BCUT2D eigenvalue weighted by atomic mass is 16.3. The minimum Gasteiger partial charge on any atom is -0.395 e. The van der Waals surface area contributed by atoms with Crippen LogP contribution in [-0.4, -0.2) is 65.8 Å². The van der Waals surface area contributed by atoms with E-state index in [4.69, 9.17) is 5.73 Å². The van der Waals surface area contributed by atoms with Gasteiger partial charge >= 0.3 is 0 Å². The molecule has 0 aromatic heterocycles. The van der Waals surface area contributed by atoms with E-state index in [2.05, 4.69) is 23.6 Å². The summed E-state index contributed by atoms with van der Waals surface area (Å²) in [4.78, 5) is 5.05. The zero-order valence-electron chi connectivity index (χ0n) is 12.6. The van der Waals surface area contributed by atoms with Crippen LogP contribution in [0.4, 0.5) is 0 Å². The molecule has 112 valence electrons. The molecule has 2 rings (SSSR count). The summed E-state index contributed by atoms with van der Waals surface area (Å²) in [5.41, 5.74) is 6.29. The minimum atomic E-state index is 0.0994. The van der Waals surface area contributed by atoms with Crippen LogP contribution in [-0.2, 0) is 0 Å². The van der Waals surface area contributed by atoms with Crippen molar-refractivity contribution >= 4 is 0 Å². The maximum absolute atomic E-state index is 9.69. The third kappa shape index (κ3) is 3.91. The van der Waals surface area contributed by atoms with Gasteiger partial charge in [0.1, 0.15) is 0 Å². The quantitative estimate of drug-likeness (QED) is 0.752. The monoisotopic (exact) mass is 269 g/mol. The van der Waals surface area contributed by atoms with Crippen LogP contribution in [0.5, 0.6) is 0 Å². The van der Waals surface area contributed by atoms with Gasteiger partial charge in [-0.2, -0.15) is 0 Å². The second-order valence-electron chi connectivity index (χ2n) is 6.72. The van der Waals surface area contributed by atoms with Crippen LogP contribution in [0.1, 0.15) is 39.5 Å². The molecule has 0 bridgehead atoms. The predicted octanol–water partition coefficient (Wildman–Crippen LogP) is 0.891. The van der Waals surface area contributed by atoms with Crippen LogP contribution < -0.4 is 5.73 Å². The van der Waals surface area contributed by atoms with Crippen LogP contribution in [0.15, 0.2) is 0 Å². The van der Waals surface area contributed by atoms with Crippen molar-refractivity contribution in [1.82, 2.24) is 9.80 Å². The second kappa shape index (κ2) is 7.02. The van der Waals surface area contributed by atoms with Crippen molar-refractivity contribution < 1.29 is 5.11 Å². The third-order valence-corrected chi connectivity index (χ3v) is 4.75. The summed E-state index contributed by atoms with van der Waals surface area (Å²) >= 11 is 0. The van der Waals surface area contributed by atoms with E-state index in [1.54, 1.807) is 0 Å². The van der Waals surface area contributed by atoms with Gasteiger partial charge in [0, 0.05) is 31.2 Å². The number of hydrogen-bond acceptors (Lipinski definition) is 4. The largest absolute Gasteiger partial charge is 0.395 e. The van der Waals surface area contributed by atoms with Crippen molar-refractivity contribution in [3.8, 4) is 0 Å². The SMILES string of the molecule is CC(C)CC(N)C(CO)N1CCC(N2CCCC2)C1. The lowest BCUT2D eigenvalue weighted by Gasteiger charge is -2.33. The van der Waals surface area contributed by atoms with E-state index < -0.39 is 0 Å². The summed E-state index contributed by atoms with van der Waals surface area (Å²) in [5.74, 6) is 0.598. The lowest BCUT2D eigenvalue weighted by atomic mass is 9.98. The zero-order chi connectivity index (χ0) is 13.8. The number of hydrogen-bond donors (Lipinski definition) is 2. The van der Waals surface area contributed by atoms with Crippen LogP contribution in [0.3, 0.4) is 0 Å². The summed E-state index contributed by atoms with van der Waals surface area (Å²) in [6.45, 7) is 9.31. The third-order valence-electron chi connectivity index (χ3n) is 4.75. The van der Waals surface area contributed by atoms with Crippen molar-refractivity contribution in [2.75, 3.05) is 32.8 Å². The van der Waals surface area contributed by atoms with E-state index in [0.29, 0.717) is 12.0 Å². The standard InChI is InChI=1S/C15H31N3O/c1-12(2)9-14(16)15(11-19)18-8-5-13(10-18)17-6-3-4-7-17/h12-15,19H,3-11,16H2,1-2H3. The van der Waals surface area contributed by atoms with Crippen molar-refractivity contribution in [2.24, 2.45) is 11.7 Å². The van der Waals surface area contributed by atoms with Gasteiger partial charge in [-0.05, 0) is 44.7 Å². The Kier molecular flexibility index (Phi) is 5.63. The number of likely N-dealkylation sites (tertiary alicyclic amines) is 2. The van der Waals surface area contributed by atoms with E-state index in [1.165, 1.54) is 32.4 Å². The van der Waals surface area contributed by atoms with Gasteiger partial charge in [0.15, 0.2) is 0 Å².